The van der Waals surface area contributed by atoms with Crippen molar-refractivity contribution >= 4 is 12.0 Å². The lowest BCUT2D eigenvalue weighted by atomic mass is 10.1. The van der Waals surface area contributed by atoms with Crippen molar-refractivity contribution in [2.75, 3.05) is 6.54 Å². The fraction of sp³-hybridized carbons (Fsp3) is 0.400. The Balaban J connectivity index is 2.50. The van der Waals surface area contributed by atoms with Crippen molar-refractivity contribution in [3.8, 4) is 0 Å². The van der Waals surface area contributed by atoms with Crippen molar-refractivity contribution in [1.82, 2.24) is 5.32 Å². The van der Waals surface area contributed by atoms with Gasteiger partial charge in [0.25, 0.3) is 5.91 Å². The molecule has 19 heavy (non-hydrogen) atoms. The molecule has 0 fully saturated rings. The van der Waals surface area contributed by atoms with Crippen LogP contribution < -0.4 is 5.32 Å². The zero-order chi connectivity index (χ0) is 14.1. The molecule has 4 heteroatoms. The van der Waals surface area contributed by atoms with Crippen LogP contribution in [0.3, 0.4) is 0 Å². The predicted octanol–water partition coefficient (Wildman–Crippen LogP) is 3.64. The zero-order valence-electron chi connectivity index (χ0n) is 11.0. The molecule has 0 atom stereocenters. The van der Waals surface area contributed by atoms with Gasteiger partial charge in [-0.3, -0.25) is 4.79 Å². The summed E-state index contributed by atoms with van der Waals surface area (Å²) in [5, 5.41) is 2.25. The van der Waals surface area contributed by atoms with Gasteiger partial charge in [-0.25, -0.2) is 0 Å². The largest absolute Gasteiger partial charge is 0.351 e. The van der Waals surface area contributed by atoms with Gasteiger partial charge in [-0.05, 0) is 18.1 Å². The smallest absolute Gasteiger partial charge is 0.343 e. The molecule has 0 bridgehead atoms. The van der Waals surface area contributed by atoms with Crippen LogP contribution in [-0.2, 0) is 4.79 Å². The van der Waals surface area contributed by atoms with E-state index in [0.29, 0.717) is 18.2 Å². The Morgan fingerprint density at radius 3 is 2.58 bits per heavy atom. The molecule has 0 unspecified atom stereocenters. The summed E-state index contributed by atoms with van der Waals surface area (Å²) in [5.74, 6) is -4.71. The van der Waals surface area contributed by atoms with Crippen LogP contribution in [0.15, 0.2) is 36.4 Å². The molecule has 1 N–H and O–H groups in total. The van der Waals surface area contributed by atoms with E-state index in [4.69, 9.17) is 0 Å². The van der Waals surface area contributed by atoms with Crippen LogP contribution >= 0.6 is 0 Å². The standard InChI is InChI=1S/C15H19F2NO/c1-2-3-7-12-18-14(19)15(16,17)11-10-13-8-5-4-6-9-13/h4-6,8-11H,2-3,7,12H2,1H3,(H,18,19)/b11-10+. The molecule has 0 spiro atoms. The van der Waals surface area contributed by atoms with Crippen LogP contribution in [-0.4, -0.2) is 18.4 Å². The molecule has 1 aromatic rings. The molecule has 1 aromatic carbocycles. The highest BCUT2D eigenvalue weighted by Crippen LogP contribution is 2.17. The molecule has 0 aromatic heterocycles. The number of hydrogen-bond acceptors (Lipinski definition) is 1. The first-order valence-corrected chi connectivity index (χ1v) is 6.46. The van der Waals surface area contributed by atoms with Gasteiger partial charge in [0, 0.05) is 6.54 Å². The maximum Gasteiger partial charge on any atom is 0.343 e. The first-order valence-electron chi connectivity index (χ1n) is 6.46. The number of unbranched alkanes of at least 4 members (excludes halogenated alkanes) is 2. The molecule has 1 amide bonds. The number of halogens is 2. The Morgan fingerprint density at radius 2 is 1.95 bits per heavy atom. The molecule has 1 rings (SSSR count). The van der Waals surface area contributed by atoms with Crippen LogP contribution in [0.2, 0.25) is 0 Å². The number of benzene rings is 1. The second-order valence-corrected chi connectivity index (χ2v) is 4.33. The Kier molecular flexibility index (Phi) is 6.19. The van der Waals surface area contributed by atoms with Crippen molar-refractivity contribution in [3.63, 3.8) is 0 Å². The third-order valence-electron chi connectivity index (χ3n) is 2.65. The van der Waals surface area contributed by atoms with Crippen LogP contribution in [0.1, 0.15) is 31.7 Å². The minimum absolute atomic E-state index is 0.293. The molecule has 0 aliphatic rings. The van der Waals surface area contributed by atoms with E-state index >= 15 is 0 Å². The van der Waals surface area contributed by atoms with Gasteiger partial charge in [0.2, 0.25) is 0 Å². The van der Waals surface area contributed by atoms with Crippen LogP contribution in [0, 0.1) is 0 Å². The summed E-state index contributed by atoms with van der Waals surface area (Å²) in [6.45, 7) is 2.31. The highest BCUT2D eigenvalue weighted by molar-refractivity contribution is 5.86. The van der Waals surface area contributed by atoms with Gasteiger partial charge in [-0.1, -0.05) is 56.2 Å². The Labute approximate surface area is 112 Å². The number of alkyl halides is 2. The summed E-state index contributed by atoms with van der Waals surface area (Å²) < 4.78 is 27.0. The molecule has 0 radical (unpaired) electrons. The summed E-state index contributed by atoms with van der Waals surface area (Å²) in [5.41, 5.74) is 0.640. The van der Waals surface area contributed by atoms with E-state index in [2.05, 4.69) is 5.32 Å². The Morgan fingerprint density at radius 1 is 1.26 bits per heavy atom. The third-order valence-corrected chi connectivity index (χ3v) is 2.65. The average molecular weight is 267 g/mol. The van der Waals surface area contributed by atoms with Crippen molar-refractivity contribution in [3.05, 3.63) is 42.0 Å². The summed E-state index contributed by atoms with van der Waals surface area (Å²) in [4.78, 5) is 11.3. The molecule has 0 aliphatic heterocycles. The van der Waals surface area contributed by atoms with Crippen LogP contribution in [0.25, 0.3) is 6.08 Å². The molecule has 0 heterocycles. The zero-order valence-corrected chi connectivity index (χ0v) is 11.0. The minimum atomic E-state index is -3.47. The second kappa shape index (κ2) is 7.67. The highest BCUT2D eigenvalue weighted by atomic mass is 19.3. The van der Waals surface area contributed by atoms with Gasteiger partial charge >= 0.3 is 5.92 Å². The summed E-state index contributed by atoms with van der Waals surface area (Å²) in [7, 11) is 0. The van der Waals surface area contributed by atoms with Gasteiger partial charge in [0.15, 0.2) is 0 Å². The Bertz CT molecular complexity index is 415. The van der Waals surface area contributed by atoms with E-state index in [1.54, 1.807) is 30.3 Å². The number of hydrogen-bond donors (Lipinski definition) is 1. The molecular weight excluding hydrogens is 248 g/mol. The monoisotopic (exact) mass is 267 g/mol. The molecule has 0 aliphatic carbocycles. The quantitative estimate of drug-likeness (QED) is 0.751. The fourth-order valence-electron chi connectivity index (χ4n) is 1.54. The summed E-state index contributed by atoms with van der Waals surface area (Å²) in [6, 6.07) is 8.71. The van der Waals surface area contributed by atoms with Gasteiger partial charge < -0.3 is 5.32 Å². The number of carbonyl (C=O) groups excluding carboxylic acids is 1. The van der Waals surface area contributed by atoms with Crippen molar-refractivity contribution in [1.29, 1.82) is 0 Å². The van der Waals surface area contributed by atoms with E-state index in [-0.39, 0.29) is 0 Å². The fourth-order valence-corrected chi connectivity index (χ4v) is 1.54. The number of carbonyl (C=O) groups is 1. The normalized spacial score (nSPS) is 11.7. The molecule has 104 valence electrons. The number of rotatable bonds is 7. The van der Waals surface area contributed by atoms with E-state index in [1.165, 1.54) is 6.08 Å². The molecule has 0 saturated heterocycles. The van der Waals surface area contributed by atoms with E-state index in [9.17, 15) is 13.6 Å². The minimum Gasteiger partial charge on any atom is -0.351 e. The predicted molar refractivity (Wildman–Crippen MR) is 73.0 cm³/mol. The van der Waals surface area contributed by atoms with Gasteiger partial charge in [0.1, 0.15) is 0 Å². The topological polar surface area (TPSA) is 29.1 Å². The SMILES string of the molecule is CCCCCNC(=O)C(F)(F)/C=C/c1ccccc1. The molecule has 2 nitrogen and oxygen atoms in total. The van der Waals surface area contributed by atoms with E-state index in [1.807, 2.05) is 6.92 Å². The van der Waals surface area contributed by atoms with Crippen LogP contribution in [0.4, 0.5) is 8.78 Å². The lowest BCUT2D eigenvalue weighted by Crippen LogP contribution is -2.39. The lowest BCUT2D eigenvalue weighted by molar-refractivity contribution is -0.139. The summed E-state index contributed by atoms with van der Waals surface area (Å²) in [6.07, 6.45) is 4.52. The van der Waals surface area contributed by atoms with Gasteiger partial charge in [0.05, 0.1) is 0 Å². The first kappa shape index (κ1) is 15.3. The second-order valence-electron chi connectivity index (χ2n) is 4.33. The number of nitrogens with one attached hydrogen (secondary N) is 1. The van der Waals surface area contributed by atoms with E-state index in [0.717, 1.165) is 19.3 Å². The van der Waals surface area contributed by atoms with Crippen molar-refractivity contribution in [2.45, 2.75) is 32.1 Å². The van der Waals surface area contributed by atoms with Gasteiger partial charge in [-0.2, -0.15) is 8.78 Å². The maximum absolute atomic E-state index is 13.5. The van der Waals surface area contributed by atoms with Crippen molar-refractivity contribution in [2.24, 2.45) is 0 Å². The highest BCUT2D eigenvalue weighted by Gasteiger charge is 2.34. The first-order chi connectivity index (χ1) is 9.06. The number of amides is 1. The Hall–Kier alpha value is -1.71. The maximum atomic E-state index is 13.5. The van der Waals surface area contributed by atoms with E-state index < -0.39 is 11.8 Å². The van der Waals surface area contributed by atoms with Crippen molar-refractivity contribution < 1.29 is 13.6 Å². The molecule has 0 saturated carbocycles. The lowest BCUT2D eigenvalue weighted by Gasteiger charge is -2.12. The third kappa shape index (κ3) is 5.64. The van der Waals surface area contributed by atoms with Gasteiger partial charge in [-0.15, -0.1) is 0 Å². The summed E-state index contributed by atoms with van der Waals surface area (Å²) >= 11 is 0. The van der Waals surface area contributed by atoms with Crippen LogP contribution in [0.5, 0.6) is 0 Å². The average Bonchev–Trinajstić information content (AvgIpc) is 2.42. The molecular formula is C15H19F2NO.